The van der Waals surface area contributed by atoms with Gasteiger partial charge in [-0.3, -0.25) is 15.1 Å². The Morgan fingerprint density at radius 3 is 2.85 bits per heavy atom. The minimum absolute atomic E-state index is 0.0756. The molecule has 0 atom stereocenters. The Morgan fingerprint density at radius 1 is 1.20 bits per heavy atom. The number of benzene rings is 1. The van der Waals surface area contributed by atoms with Crippen LogP contribution in [0.15, 0.2) is 48.8 Å². The van der Waals surface area contributed by atoms with Crippen molar-refractivity contribution >= 4 is 22.3 Å². The molecule has 0 aliphatic carbocycles. The lowest BCUT2D eigenvalue weighted by atomic mass is 10.0. The Kier molecular flexibility index (Phi) is 2.76. The summed E-state index contributed by atoms with van der Waals surface area (Å²) in [6.45, 7) is 0. The van der Waals surface area contributed by atoms with Crippen molar-refractivity contribution in [3.05, 3.63) is 58.9 Å². The molecule has 2 heterocycles. The third kappa shape index (κ3) is 2.03. The molecule has 6 nitrogen and oxygen atoms in total. The van der Waals surface area contributed by atoms with Crippen LogP contribution in [0.25, 0.3) is 22.0 Å². The Hall–Kier alpha value is -3.02. The maximum Gasteiger partial charge on any atom is 0.275 e. The van der Waals surface area contributed by atoms with Gasteiger partial charge < -0.3 is 5.73 Å². The number of nitro groups is 1. The van der Waals surface area contributed by atoms with Crippen molar-refractivity contribution in [2.24, 2.45) is 0 Å². The summed E-state index contributed by atoms with van der Waals surface area (Å²) >= 11 is 0. The van der Waals surface area contributed by atoms with Crippen LogP contribution in [0.1, 0.15) is 0 Å². The zero-order chi connectivity index (χ0) is 14.1. The summed E-state index contributed by atoms with van der Waals surface area (Å²) in [5.74, 6) is 0.120. The monoisotopic (exact) mass is 266 g/mol. The number of nitrogens with two attached hydrogens (primary N) is 1. The molecular weight excluding hydrogens is 256 g/mol. The van der Waals surface area contributed by atoms with Crippen LogP contribution < -0.4 is 5.73 Å². The van der Waals surface area contributed by atoms with Gasteiger partial charge in [-0.25, -0.2) is 4.98 Å². The lowest BCUT2D eigenvalue weighted by Crippen LogP contribution is -1.97. The van der Waals surface area contributed by atoms with E-state index in [1.165, 1.54) is 12.1 Å². The Bertz CT molecular complexity index is 812. The van der Waals surface area contributed by atoms with Crippen LogP contribution in [0.3, 0.4) is 0 Å². The number of pyridine rings is 2. The Labute approximate surface area is 114 Å². The van der Waals surface area contributed by atoms with Gasteiger partial charge in [0, 0.05) is 29.4 Å². The normalized spacial score (nSPS) is 10.6. The fourth-order valence-electron chi connectivity index (χ4n) is 2.12. The fourth-order valence-corrected chi connectivity index (χ4v) is 2.12. The lowest BCUT2D eigenvalue weighted by Gasteiger charge is -2.06. The third-order valence-electron chi connectivity index (χ3n) is 3.00. The average Bonchev–Trinajstić information content (AvgIpc) is 2.46. The van der Waals surface area contributed by atoms with Crippen LogP contribution in [0, 0.1) is 10.1 Å². The van der Waals surface area contributed by atoms with Gasteiger partial charge in [0.1, 0.15) is 5.82 Å². The molecule has 0 saturated heterocycles. The van der Waals surface area contributed by atoms with E-state index in [0.717, 1.165) is 16.3 Å². The van der Waals surface area contributed by atoms with Gasteiger partial charge in [0.2, 0.25) is 0 Å². The summed E-state index contributed by atoms with van der Waals surface area (Å²) in [5.41, 5.74) is 6.81. The maximum atomic E-state index is 10.9. The molecule has 3 rings (SSSR count). The van der Waals surface area contributed by atoms with Gasteiger partial charge in [-0.1, -0.05) is 18.2 Å². The molecule has 2 aromatic heterocycles. The van der Waals surface area contributed by atoms with Crippen LogP contribution in [0.4, 0.5) is 11.5 Å². The molecule has 0 bridgehead atoms. The van der Waals surface area contributed by atoms with Crippen molar-refractivity contribution in [2.45, 2.75) is 0 Å². The van der Waals surface area contributed by atoms with E-state index in [1.807, 2.05) is 24.3 Å². The molecule has 0 saturated carbocycles. The minimum atomic E-state index is -0.481. The quantitative estimate of drug-likeness (QED) is 0.568. The molecule has 0 radical (unpaired) electrons. The minimum Gasteiger partial charge on any atom is -0.383 e. The molecule has 1 aromatic carbocycles. The van der Waals surface area contributed by atoms with E-state index in [0.29, 0.717) is 5.69 Å². The van der Waals surface area contributed by atoms with Crippen LogP contribution in [-0.4, -0.2) is 14.9 Å². The maximum absolute atomic E-state index is 10.9. The summed E-state index contributed by atoms with van der Waals surface area (Å²) in [6.07, 6.45) is 3.41. The van der Waals surface area contributed by atoms with Gasteiger partial charge in [0.15, 0.2) is 0 Å². The molecule has 3 aromatic rings. The molecule has 0 fully saturated rings. The summed E-state index contributed by atoms with van der Waals surface area (Å²) < 4.78 is 0. The fraction of sp³-hybridized carbons (Fsp3) is 0. The zero-order valence-electron chi connectivity index (χ0n) is 10.4. The molecule has 0 aliphatic heterocycles. The number of hydrogen-bond acceptors (Lipinski definition) is 5. The second-order valence-electron chi connectivity index (χ2n) is 4.29. The SMILES string of the molecule is Nc1cc([N+](=O)[O-])cc(-c2cccc3ccncc23)n1. The van der Waals surface area contributed by atoms with E-state index in [1.54, 1.807) is 12.4 Å². The Morgan fingerprint density at radius 2 is 2.05 bits per heavy atom. The predicted octanol–water partition coefficient (Wildman–Crippen LogP) is 2.79. The van der Waals surface area contributed by atoms with Gasteiger partial charge in [-0.2, -0.15) is 0 Å². The topological polar surface area (TPSA) is 94.9 Å². The summed E-state index contributed by atoms with van der Waals surface area (Å²) in [4.78, 5) is 18.7. The van der Waals surface area contributed by atoms with Crippen molar-refractivity contribution in [2.75, 3.05) is 5.73 Å². The lowest BCUT2D eigenvalue weighted by molar-refractivity contribution is -0.384. The van der Waals surface area contributed by atoms with Crippen molar-refractivity contribution in [1.82, 2.24) is 9.97 Å². The molecule has 6 heteroatoms. The highest BCUT2D eigenvalue weighted by Gasteiger charge is 2.13. The van der Waals surface area contributed by atoms with Crippen LogP contribution in [0.5, 0.6) is 0 Å². The van der Waals surface area contributed by atoms with Crippen molar-refractivity contribution in [3.8, 4) is 11.3 Å². The van der Waals surface area contributed by atoms with E-state index < -0.39 is 4.92 Å². The first-order valence-electron chi connectivity index (χ1n) is 5.90. The zero-order valence-corrected chi connectivity index (χ0v) is 10.4. The van der Waals surface area contributed by atoms with Crippen molar-refractivity contribution in [3.63, 3.8) is 0 Å². The van der Waals surface area contributed by atoms with Crippen LogP contribution >= 0.6 is 0 Å². The molecule has 2 N–H and O–H groups in total. The number of rotatable bonds is 2. The average molecular weight is 266 g/mol. The largest absolute Gasteiger partial charge is 0.383 e. The molecule has 0 aliphatic rings. The number of fused-ring (bicyclic) bond motifs is 1. The molecule has 98 valence electrons. The number of anilines is 1. The van der Waals surface area contributed by atoms with E-state index >= 15 is 0 Å². The molecule has 20 heavy (non-hydrogen) atoms. The number of nitrogen functional groups attached to an aromatic ring is 1. The first-order chi connectivity index (χ1) is 9.65. The molecule has 0 amide bonds. The third-order valence-corrected chi connectivity index (χ3v) is 3.00. The number of hydrogen-bond donors (Lipinski definition) is 1. The van der Waals surface area contributed by atoms with Crippen molar-refractivity contribution in [1.29, 1.82) is 0 Å². The number of nitrogens with zero attached hydrogens (tertiary/aromatic N) is 3. The van der Waals surface area contributed by atoms with E-state index in [4.69, 9.17) is 5.73 Å². The molecule has 0 spiro atoms. The molecule has 0 unspecified atom stereocenters. The first-order valence-corrected chi connectivity index (χ1v) is 5.90. The van der Waals surface area contributed by atoms with E-state index in [2.05, 4.69) is 9.97 Å². The highest BCUT2D eigenvalue weighted by molar-refractivity contribution is 5.95. The van der Waals surface area contributed by atoms with E-state index in [-0.39, 0.29) is 11.5 Å². The highest BCUT2D eigenvalue weighted by atomic mass is 16.6. The van der Waals surface area contributed by atoms with Gasteiger partial charge >= 0.3 is 0 Å². The summed E-state index contributed by atoms with van der Waals surface area (Å²) in [6, 6.07) is 10.2. The predicted molar refractivity (Wildman–Crippen MR) is 76.0 cm³/mol. The summed E-state index contributed by atoms with van der Waals surface area (Å²) in [7, 11) is 0. The highest BCUT2D eigenvalue weighted by Crippen LogP contribution is 2.29. The van der Waals surface area contributed by atoms with Crippen LogP contribution in [-0.2, 0) is 0 Å². The van der Waals surface area contributed by atoms with Gasteiger partial charge in [0.25, 0.3) is 5.69 Å². The van der Waals surface area contributed by atoms with E-state index in [9.17, 15) is 10.1 Å². The van der Waals surface area contributed by atoms with Gasteiger partial charge in [0.05, 0.1) is 16.7 Å². The van der Waals surface area contributed by atoms with Gasteiger partial charge in [-0.15, -0.1) is 0 Å². The van der Waals surface area contributed by atoms with Crippen molar-refractivity contribution < 1.29 is 4.92 Å². The van der Waals surface area contributed by atoms with Crippen LogP contribution in [0.2, 0.25) is 0 Å². The number of aromatic nitrogens is 2. The first kappa shape index (κ1) is 12.0. The second kappa shape index (κ2) is 4.58. The van der Waals surface area contributed by atoms with Gasteiger partial charge in [-0.05, 0) is 11.5 Å². The smallest absolute Gasteiger partial charge is 0.275 e. The standard InChI is InChI=1S/C14H10N4O2/c15-14-7-10(18(19)20)6-13(17-14)11-3-1-2-9-4-5-16-8-12(9)11/h1-8H,(H2,15,17). The Balaban J connectivity index is 2.28. The second-order valence-corrected chi connectivity index (χ2v) is 4.29. The summed E-state index contributed by atoms with van der Waals surface area (Å²) in [5, 5.41) is 12.8. The molecular formula is C14H10N4O2.